The Morgan fingerprint density at radius 2 is 0.493 bits per heavy atom. The highest BCUT2D eigenvalue weighted by atomic mass is 16.2. The van der Waals surface area contributed by atoms with Gasteiger partial charge in [0.15, 0.2) is 0 Å². The van der Waals surface area contributed by atoms with E-state index in [9.17, 15) is 38.4 Å². The summed E-state index contributed by atoms with van der Waals surface area (Å²) >= 11 is 0. The first kappa shape index (κ1) is 93.9. The lowest BCUT2D eigenvalue weighted by molar-refractivity contribution is -0.125. The van der Waals surface area contributed by atoms with Crippen molar-refractivity contribution < 1.29 is 38.4 Å². The van der Waals surface area contributed by atoms with Crippen LogP contribution in [0.5, 0.6) is 0 Å². The molecule has 0 atom stereocenters. The molecule has 26 nitrogen and oxygen atoms in total. The number of hydrogen-bond donors (Lipinski definition) is 0. The van der Waals surface area contributed by atoms with Crippen LogP contribution >= 0.6 is 0 Å². The Bertz CT molecular complexity index is 8210. The van der Waals surface area contributed by atoms with E-state index in [0.717, 1.165) is 133 Å². The van der Waals surface area contributed by atoms with Crippen LogP contribution in [0.15, 0.2) is 422 Å². The molecule has 0 unspecified atom stereocenters. The Labute approximate surface area is 862 Å². The fourth-order valence-electron chi connectivity index (χ4n) is 21.6. The molecule has 0 radical (unpaired) electrons. The van der Waals surface area contributed by atoms with E-state index >= 15 is 0 Å². The maximum atomic E-state index is 14.2. The molecule has 18 aromatic rings. The monoisotopic (exact) mass is 1960 g/mol. The average Bonchev–Trinajstić information content (AvgIpc) is 1.43. The van der Waals surface area contributed by atoms with Crippen molar-refractivity contribution in [1.82, 2.24) is 79.1 Å². The lowest BCUT2D eigenvalue weighted by Crippen LogP contribution is -2.36. The smallest absolute Gasteiger partial charge is 0.261 e. The minimum atomic E-state index is -0.273. The van der Waals surface area contributed by atoms with Crippen molar-refractivity contribution in [3.8, 4) is 0 Å². The zero-order chi connectivity index (χ0) is 103. The fourth-order valence-corrected chi connectivity index (χ4v) is 21.6. The maximum Gasteiger partial charge on any atom is 0.261 e. The summed E-state index contributed by atoms with van der Waals surface area (Å²) in [6.07, 6.45) is 17.6. The van der Waals surface area contributed by atoms with Crippen LogP contribution in [-0.4, -0.2) is 181 Å². The van der Waals surface area contributed by atoms with Gasteiger partial charge < -0.3 is 49.0 Å². The Balaban J connectivity index is 0.000000112. The van der Waals surface area contributed by atoms with Gasteiger partial charge in [0.1, 0.15) is 0 Å². The number of nitrogens with zero attached hydrogens (tertiary/aromatic N) is 18. The van der Waals surface area contributed by atoms with Gasteiger partial charge in [-0.1, -0.05) is 206 Å². The number of fused-ring (bicyclic) bond motifs is 10. The van der Waals surface area contributed by atoms with Crippen molar-refractivity contribution in [2.45, 2.75) is 39.8 Å². The predicted octanol–water partition coefficient (Wildman–Crippen LogP) is 21.6. The van der Waals surface area contributed by atoms with Gasteiger partial charge in [0.2, 0.25) is 0 Å². The summed E-state index contributed by atoms with van der Waals surface area (Å²) in [4.78, 5) is 164. The first-order valence-electron chi connectivity index (χ1n) is 49.1. The number of benzene rings is 10. The molecule has 26 rings (SSSR count). The first-order valence-corrected chi connectivity index (χ1v) is 49.1. The molecular formula is C124H94N18O8. The Hall–Kier alpha value is -19.8. The summed E-state index contributed by atoms with van der Waals surface area (Å²) in [6, 6.07) is 102. The molecule has 16 heterocycles. The third-order valence-corrected chi connectivity index (χ3v) is 28.4. The number of likely N-dealkylation sites (N-methyl/N-ethyl adjacent to an activating group) is 6. The third kappa shape index (κ3) is 15.5. The van der Waals surface area contributed by atoms with Crippen LogP contribution in [-0.2, 0) is 38.4 Å². The molecule has 8 aromatic heterocycles. The minimum absolute atomic E-state index is 0.149. The van der Waals surface area contributed by atoms with Gasteiger partial charge >= 0.3 is 0 Å². The molecule has 8 amide bonds. The van der Waals surface area contributed by atoms with E-state index in [2.05, 4.69) is 39.7 Å². The molecule has 10 aromatic carbocycles. The van der Waals surface area contributed by atoms with Crippen LogP contribution in [0.1, 0.15) is 72.5 Å². The summed E-state index contributed by atoms with van der Waals surface area (Å²) in [6.45, 7) is 7.90. The summed E-state index contributed by atoms with van der Waals surface area (Å²) in [5.41, 5.74) is 22.5. The number of carbonyl (C=O) groups excluding carboxylic acids is 8. The highest BCUT2D eigenvalue weighted by molar-refractivity contribution is 6.35. The standard InChI is InChI=1S/C42H32N6O2.C30H26N4O2.2C26H18N4O2/c1-45-39(35-25-23-33(27-43-35)47(29-15-7-3-8-16-29)30-17-9-4-10-18-30)37-38(41(45)49)40(46(2)42(37)50)36-26-24-34(28-44-36)48(31-19-11-5-12-20-31)32-21-13-6-14-22-32;1-17(2)33-27(23-15-31-13-19-9-5-7-11-21(19)23)25-26(29(33)35)28(34(18(3)4)30(25)36)24-16-32-14-20-10-6-8-12-22(20)24;1-29-23(17-11-3-7-15-9-5-13-27-21(15)17)19-20(25(29)31)24(30(2)26(19)32)18-12-4-8-16-10-6-14-28-22(16)18;1-29-23(17-11-13-27-19-9-5-3-7-15(17)19)21-22(25(29)31)24(30(2)26(21)32)18-12-14-28-20-10-6-4-8-16(18)20/h3-28H,1-2H3;5-18H,1-4H3;2*3-14H,1-2H3. The number of pyridine rings is 8. The van der Waals surface area contributed by atoms with Crippen molar-refractivity contribution in [1.29, 1.82) is 0 Å². The Morgan fingerprint density at radius 1 is 0.207 bits per heavy atom. The molecule has 8 aliphatic rings. The fraction of sp³-hybridized carbons (Fsp3) is 0.0968. The summed E-state index contributed by atoms with van der Waals surface area (Å²) in [5, 5.41) is 7.54. The first-order chi connectivity index (χ1) is 73.1. The molecular weight excluding hydrogens is 1870 g/mol. The van der Waals surface area contributed by atoms with Gasteiger partial charge in [-0.05, 0) is 148 Å². The second-order valence-corrected chi connectivity index (χ2v) is 37.7. The van der Waals surface area contributed by atoms with Gasteiger partial charge in [-0.25, -0.2) is 0 Å². The highest BCUT2D eigenvalue weighted by Gasteiger charge is 2.54. The van der Waals surface area contributed by atoms with Gasteiger partial charge in [-0.3, -0.25) is 78.2 Å². The van der Waals surface area contributed by atoms with Gasteiger partial charge in [0.25, 0.3) is 47.3 Å². The Morgan fingerprint density at radius 3 is 0.827 bits per heavy atom. The van der Waals surface area contributed by atoms with Crippen molar-refractivity contribution in [2.24, 2.45) is 0 Å². The lowest BCUT2D eigenvalue weighted by atomic mass is 9.98. The lowest BCUT2D eigenvalue weighted by Gasteiger charge is -2.29. The SMILES string of the molecule is CC(C)N1C(=O)C2=C(c3cncc4ccccc34)N(C(C)C)C(=O)C2=C1c1cncc2ccccc12.CN1C(=O)C2=C(c3ccc(N(c4ccccc4)c4ccccc4)cn3)N(C)C(=O)C2=C1c1ccc(N(c2ccccc2)c2ccccc2)cn1.CN1C(=O)C2=C(c3cccc4cccnc34)N(C)C(=O)C2=C1c1cccc2cccnc12.CN1C(=O)C2=C(c3ccnc4ccccc34)N(C)C(=O)C2=C1c1ccnc2ccccc12. The molecule has 0 aliphatic carbocycles. The molecule has 0 N–H and O–H groups in total. The number of aromatic nitrogens is 8. The number of anilines is 6. The third-order valence-electron chi connectivity index (χ3n) is 28.4. The number of amides is 8. The van der Waals surface area contributed by atoms with Gasteiger partial charge in [-0.15, -0.1) is 0 Å². The second kappa shape index (κ2) is 38.1. The van der Waals surface area contributed by atoms with E-state index in [1.54, 1.807) is 134 Å². The van der Waals surface area contributed by atoms with Crippen LogP contribution in [0.3, 0.4) is 0 Å². The molecule has 0 bridgehead atoms. The zero-order valence-corrected chi connectivity index (χ0v) is 83.3. The normalized spacial score (nSPS) is 15.4. The molecule has 0 fully saturated rings. The van der Waals surface area contributed by atoms with E-state index in [1.165, 1.54) is 9.80 Å². The Kier molecular flexibility index (Phi) is 23.8. The molecule has 0 saturated carbocycles. The topological polar surface area (TPSA) is 272 Å². The molecule has 26 heteroatoms. The number of carbonyl (C=O) groups is 8. The maximum absolute atomic E-state index is 14.2. The van der Waals surface area contributed by atoms with Crippen LogP contribution in [0.4, 0.5) is 34.1 Å². The molecule has 0 spiro atoms. The van der Waals surface area contributed by atoms with E-state index in [-0.39, 0.29) is 59.3 Å². The average molecular weight is 1960 g/mol. The van der Waals surface area contributed by atoms with Crippen molar-refractivity contribution in [3.63, 3.8) is 0 Å². The van der Waals surface area contributed by atoms with Crippen LogP contribution < -0.4 is 9.80 Å². The van der Waals surface area contributed by atoms with Gasteiger partial charge in [0, 0.05) is 192 Å². The highest BCUT2D eigenvalue weighted by Crippen LogP contribution is 2.54. The summed E-state index contributed by atoms with van der Waals surface area (Å²) < 4.78 is 0. The van der Waals surface area contributed by atoms with Gasteiger partial charge in [0.05, 0.1) is 147 Å². The molecule has 150 heavy (non-hydrogen) atoms. The minimum Gasteiger partial charge on any atom is -0.310 e. The van der Waals surface area contributed by atoms with E-state index in [1.807, 2.05) is 343 Å². The number of para-hydroxylation sites is 8. The quantitative estimate of drug-likeness (QED) is 0.0869. The van der Waals surface area contributed by atoms with Crippen molar-refractivity contribution >= 4 is 192 Å². The van der Waals surface area contributed by atoms with Crippen LogP contribution in [0.25, 0.3) is 111 Å². The molecule has 728 valence electrons. The van der Waals surface area contributed by atoms with Crippen molar-refractivity contribution in [3.05, 3.63) is 467 Å². The van der Waals surface area contributed by atoms with E-state index < -0.39 is 0 Å². The van der Waals surface area contributed by atoms with E-state index in [4.69, 9.17) is 9.97 Å². The second-order valence-electron chi connectivity index (χ2n) is 37.7. The van der Waals surface area contributed by atoms with Crippen molar-refractivity contribution in [2.75, 3.05) is 52.1 Å². The van der Waals surface area contributed by atoms with Gasteiger partial charge in [-0.2, -0.15) is 0 Å². The number of hydrogen-bond acceptors (Lipinski definition) is 18. The zero-order valence-electron chi connectivity index (χ0n) is 83.3. The molecule has 8 aliphatic heterocycles. The van der Waals surface area contributed by atoms with E-state index in [0.29, 0.717) is 102 Å². The summed E-state index contributed by atoms with van der Waals surface area (Å²) in [5.74, 6) is -1.67. The summed E-state index contributed by atoms with van der Waals surface area (Å²) in [7, 11) is 10.2. The largest absolute Gasteiger partial charge is 0.310 e. The van der Waals surface area contributed by atoms with Crippen LogP contribution in [0, 0.1) is 0 Å². The number of rotatable bonds is 16. The predicted molar refractivity (Wildman–Crippen MR) is 584 cm³/mol. The van der Waals surface area contributed by atoms with Crippen LogP contribution in [0.2, 0.25) is 0 Å². The molecule has 0 saturated heterocycles.